The zero-order valence-corrected chi connectivity index (χ0v) is 9.01. The van der Waals surface area contributed by atoms with E-state index in [1.807, 2.05) is 12.1 Å². The van der Waals surface area contributed by atoms with Crippen LogP contribution in [0.2, 0.25) is 5.02 Å². The smallest absolute Gasteiger partial charge is 0.231 e. The number of rotatable bonds is 1. The van der Waals surface area contributed by atoms with Gasteiger partial charge in [-0.15, -0.1) is 0 Å². The van der Waals surface area contributed by atoms with Gasteiger partial charge in [0.2, 0.25) is 6.79 Å². The maximum absolute atomic E-state index is 6.21. The average Bonchev–Trinajstić information content (AvgIpc) is 2.85. The summed E-state index contributed by atoms with van der Waals surface area (Å²) in [7, 11) is 0. The second kappa shape index (κ2) is 3.58. The van der Waals surface area contributed by atoms with Crippen LogP contribution in [0, 0.1) is 0 Å². The molecule has 0 spiro atoms. The van der Waals surface area contributed by atoms with E-state index in [2.05, 4.69) is 5.32 Å². The predicted molar refractivity (Wildman–Crippen MR) is 57.6 cm³/mol. The van der Waals surface area contributed by atoms with Crippen molar-refractivity contribution in [1.82, 2.24) is 5.32 Å². The molecule has 0 bridgehead atoms. The zero-order chi connectivity index (χ0) is 10.3. The zero-order valence-electron chi connectivity index (χ0n) is 8.25. The summed E-state index contributed by atoms with van der Waals surface area (Å²) < 4.78 is 10.8. The summed E-state index contributed by atoms with van der Waals surface area (Å²) in [5.41, 5.74) is 1.06. The van der Waals surface area contributed by atoms with Gasteiger partial charge >= 0.3 is 0 Å². The molecule has 1 saturated heterocycles. The Kier molecular flexibility index (Phi) is 2.22. The summed E-state index contributed by atoms with van der Waals surface area (Å²) >= 11 is 6.21. The molecule has 1 N–H and O–H groups in total. The molecule has 0 aliphatic carbocycles. The Hall–Kier alpha value is -0.930. The fraction of sp³-hybridized carbons (Fsp3) is 0.455. The van der Waals surface area contributed by atoms with Gasteiger partial charge in [0, 0.05) is 16.6 Å². The molecule has 1 aromatic carbocycles. The van der Waals surface area contributed by atoms with Gasteiger partial charge in [0.15, 0.2) is 11.5 Å². The van der Waals surface area contributed by atoms with Crippen LogP contribution < -0.4 is 14.8 Å². The minimum atomic E-state index is 0.301. The van der Waals surface area contributed by atoms with Gasteiger partial charge in [-0.25, -0.2) is 0 Å². The summed E-state index contributed by atoms with van der Waals surface area (Å²) in [6.45, 7) is 1.35. The van der Waals surface area contributed by atoms with Crippen molar-refractivity contribution in [2.45, 2.75) is 18.9 Å². The van der Waals surface area contributed by atoms with Gasteiger partial charge in [-0.05, 0) is 31.5 Å². The van der Waals surface area contributed by atoms with E-state index in [4.69, 9.17) is 21.1 Å². The van der Waals surface area contributed by atoms with Crippen LogP contribution in [0.3, 0.4) is 0 Å². The van der Waals surface area contributed by atoms with E-state index in [9.17, 15) is 0 Å². The third-order valence-electron chi connectivity index (χ3n) is 2.93. The summed E-state index contributed by atoms with van der Waals surface area (Å²) in [5, 5.41) is 4.19. The van der Waals surface area contributed by atoms with E-state index in [0.717, 1.165) is 35.1 Å². The van der Waals surface area contributed by atoms with Crippen LogP contribution in [0.25, 0.3) is 0 Å². The third kappa shape index (κ3) is 1.46. The molecule has 0 amide bonds. The third-order valence-corrected chi connectivity index (χ3v) is 3.26. The summed E-state index contributed by atoms with van der Waals surface area (Å²) in [4.78, 5) is 0. The minimum absolute atomic E-state index is 0.301. The Bertz CT molecular complexity index is 388. The van der Waals surface area contributed by atoms with Crippen LogP contribution in [0.5, 0.6) is 11.5 Å². The second-order valence-electron chi connectivity index (χ2n) is 3.84. The van der Waals surface area contributed by atoms with Gasteiger partial charge in [0.05, 0.1) is 0 Å². The Labute approximate surface area is 93.3 Å². The molecule has 15 heavy (non-hydrogen) atoms. The maximum atomic E-state index is 6.21. The molecular weight excluding hydrogens is 214 g/mol. The topological polar surface area (TPSA) is 30.5 Å². The first-order valence-corrected chi connectivity index (χ1v) is 5.55. The van der Waals surface area contributed by atoms with Crippen molar-refractivity contribution in [3.8, 4) is 11.5 Å². The van der Waals surface area contributed by atoms with E-state index in [-0.39, 0.29) is 0 Å². The van der Waals surface area contributed by atoms with Gasteiger partial charge in [-0.3, -0.25) is 0 Å². The van der Waals surface area contributed by atoms with Crippen molar-refractivity contribution in [3.05, 3.63) is 22.7 Å². The summed E-state index contributed by atoms with van der Waals surface area (Å²) in [6, 6.07) is 4.06. The van der Waals surface area contributed by atoms with Crippen molar-refractivity contribution in [1.29, 1.82) is 0 Å². The van der Waals surface area contributed by atoms with Crippen LogP contribution in [0.4, 0.5) is 0 Å². The standard InChI is InChI=1S/C11H12ClNO2/c12-7-3-4-9-11(15-6-14-9)10(7)8-2-1-5-13-8/h3-4,8,13H,1-2,5-6H2. The van der Waals surface area contributed by atoms with Crippen LogP contribution in [0.15, 0.2) is 12.1 Å². The number of nitrogens with one attached hydrogen (secondary N) is 1. The average molecular weight is 226 g/mol. The quantitative estimate of drug-likeness (QED) is 0.797. The van der Waals surface area contributed by atoms with Crippen molar-refractivity contribution < 1.29 is 9.47 Å². The highest BCUT2D eigenvalue weighted by molar-refractivity contribution is 6.31. The lowest BCUT2D eigenvalue weighted by molar-refractivity contribution is 0.173. The molecule has 3 rings (SSSR count). The lowest BCUT2D eigenvalue weighted by Gasteiger charge is -2.14. The molecule has 1 unspecified atom stereocenters. The van der Waals surface area contributed by atoms with E-state index in [1.165, 1.54) is 6.42 Å². The molecule has 1 aromatic rings. The molecular formula is C11H12ClNO2. The summed E-state index contributed by atoms with van der Waals surface area (Å²) in [5.74, 6) is 1.63. The largest absolute Gasteiger partial charge is 0.454 e. The van der Waals surface area contributed by atoms with Crippen molar-refractivity contribution in [2.75, 3.05) is 13.3 Å². The van der Waals surface area contributed by atoms with Gasteiger partial charge in [-0.2, -0.15) is 0 Å². The molecule has 2 aliphatic heterocycles. The Balaban J connectivity index is 2.08. The van der Waals surface area contributed by atoms with Crippen molar-refractivity contribution in [2.24, 2.45) is 0 Å². The highest BCUT2D eigenvalue weighted by Crippen LogP contribution is 2.44. The molecule has 4 heteroatoms. The van der Waals surface area contributed by atoms with Crippen LogP contribution >= 0.6 is 11.6 Å². The lowest BCUT2D eigenvalue weighted by atomic mass is 10.0. The molecule has 0 saturated carbocycles. The first-order valence-electron chi connectivity index (χ1n) is 5.17. The number of ether oxygens (including phenoxy) is 2. The second-order valence-corrected chi connectivity index (χ2v) is 4.25. The predicted octanol–water partition coefficient (Wildman–Crippen LogP) is 2.49. The van der Waals surface area contributed by atoms with E-state index < -0.39 is 0 Å². The molecule has 80 valence electrons. The number of halogens is 1. The van der Waals surface area contributed by atoms with Gasteiger partial charge < -0.3 is 14.8 Å². The van der Waals surface area contributed by atoms with Gasteiger partial charge in [-0.1, -0.05) is 11.6 Å². The Morgan fingerprint density at radius 3 is 3.07 bits per heavy atom. The highest BCUT2D eigenvalue weighted by Gasteiger charge is 2.27. The summed E-state index contributed by atoms with van der Waals surface area (Å²) in [6.07, 6.45) is 2.30. The monoisotopic (exact) mass is 225 g/mol. The Morgan fingerprint density at radius 2 is 2.27 bits per heavy atom. The van der Waals surface area contributed by atoms with Crippen molar-refractivity contribution in [3.63, 3.8) is 0 Å². The number of benzene rings is 1. The SMILES string of the molecule is Clc1ccc2c(c1C1CCCN1)OCO2. The first-order chi connectivity index (χ1) is 7.36. The molecule has 0 radical (unpaired) electrons. The van der Waals surface area contributed by atoms with E-state index >= 15 is 0 Å². The van der Waals surface area contributed by atoms with Crippen molar-refractivity contribution >= 4 is 11.6 Å². The van der Waals surface area contributed by atoms with Gasteiger partial charge in [0.25, 0.3) is 0 Å². The fourth-order valence-corrected chi connectivity index (χ4v) is 2.51. The minimum Gasteiger partial charge on any atom is -0.454 e. The normalized spacial score (nSPS) is 23.4. The van der Waals surface area contributed by atoms with Gasteiger partial charge in [0.1, 0.15) is 0 Å². The fourth-order valence-electron chi connectivity index (χ4n) is 2.23. The van der Waals surface area contributed by atoms with E-state index in [0.29, 0.717) is 12.8 Å². The number of hydrogen-bond donors (Lipinski definition) is 1. The number of fused-ring (bicyclic) bond motifs is 1. The highest BCUT2D eigenvalue weighted by atomic mass is 35.5. The molecule has 1 atom stereocenters. The molecule has 3 nitrogen and oxygen atoms in total. The van der Waals surface area contributed by atoms with E-state index in [1.54, 1.807) is 0 Å². The molecule has 2 aliphatic rings. The van der Waals surface area contributed by atoms with Crippen LogP contribution in [-0.4, -0.2) is 13.3 Å². The molecule has 0 aromatic heterocycles. The molecule has 1 fully saturated rings. The maximum Gasteiger partial charge on any atom is 0.231 e. The van der Waals surface area contributed by atoms with Crippen LogP contribution in [-0.2, 0) is 0 Å². The lowest BCUT2D eigenvalue weighted by Crippen LogP contribution is -2.14. The Morgan fingerprint density at radius 1 is 1.33 bits per heavy atom. The van der Waals surface area contributed by atoms with Crippen LogP contribution in [0.1, 0.15) is 24.4 Å². The molecule has 2 heterocycles. The number of hydrogen-bond acceptors (Lipinski definition) is 3. The first kappa shape index (κ1) is 9.31.